The molecule has 3 rings (SSSR count). The van der Waals surface area contributed by atoms with E-state index in [9.17, 15) is 4.79 Å². The largest absolute Gasteiger partial charge is 0.381 e. The molecule has 98 valence electrons. The van der Waals surface area contributed by atoms with Gasteiger partial charge in [-0.05, 0) is 37.1 Å². The van der Waals surface area contributed by atoms with E-state index in [2.05, 4.69) is 26.9 Å². The molecular weight excluding hydrogens is 240 g/mol. The van der Waals surface area contributed by atoms with Gasteiger partial charge in [-0.2, -0.15) is 5.10 Å². The zero-order valence-corrected chi connectivity index (χ0v) is 10.8. The number of nitrogens with one attached hydrogen (secondary N) is 3. The highest BCUT2D eigenvalue weighted by Crippen LogP contribution is 2.25. The van der Waals surface area contributed by atoms with Crippen LogP contribution in [0.15, 0.2) is 24.4 Å². The van der Waals surface area contributed by atoms with Crippen molar-refractivity contribution < 1.29 is 4.79 Å². The molecule has 0 atom stereocenters. The number of aromatic amines is 1. The van der Waals surface area contributed by atoms with Crippen LogP contribution in [0.5, 0.6) is 0 Å². The fourth-order valence-corrected chi connectivity index (χ4v) is 2.24. The molecule has 5 heteroatoms. The van der Waals surface area contributed by atoms with Crippen molar-refractivity contribution >= 4 is 17.3 Å². The number of aryl methyl sites for hydroxylation is 2. The van der Waals surface area contributed by atoms with E-state index in [1.165, 1.54) is 5.56 Å². The number of nitrogens with zero attached hydrogens (tertiary/aromatic N) is 1. The van der Waals surface area contributed by atoms with Crippen molar-refractivity contribution in [2.45, 2.75) is 26.3 Å². The molecule has 1 aliphatic rings. The second-order valence-electron chi connectivity index (χ2n) is 4.79. The molecule has 1 aliphatic heterocycles. The third-order valence-electron chi connectivity index (χ3n) is 3.42. The summed E-state index contributed by atoms with van der Waals surface area (Å²) in [5.41, 5.74) is 5.43. The third-order valence-corrected chi connectivity index (χ3v) is 3.42. The Morgan fingerprint density at radius 2 is 2.26 bits per heavy atom. The summed E-state index contributed by atoms with van der Waals surface area (Å²) >= 11 is 0. The van der Waals surface area contributed by atoms with Crippen LogP contribution in [0.2, 0.25) is 0 Å². The summed E-state index contributed by atoms with van der Waals surface area (Å²) in [6.45, 7) is 2.75. The summed E-state index contributed by atoms with van der Waals surface area (Å²) in [4.78, 5) is 11.3. The summed E-state index contributed by atoms with van der Waals surface area (Å²) in [5, 5.41) is 13.2. The van der Waals surface area contributed by atoms with Gasteiger partial charge in [-0.3, -0.25) is 9.89 Å². The zero-order valence-electron chi connectivity index (χ0n) is 10.8. The Morgan fingerprint density at radius 1 is 1.37 bits per heavy atom. The molecule has 2 aromatic rings. The van der Waals surface area contributed by atoms with E-state index in [4.69, 9.17) is 0 Å². The van der Waals surface area contributed by atoms with Gasteiger partial charge in [-0.1, -0.05) is 0 Å². The lowest BCUT2D eigenvalue weighted by Crippen LogP contribution is -2.18. The minimum Gasteiger partial charge on any atom is -0.381 e. The van der Waals surface area contributed by atoms with Gasteiger partial charge in [0, 0.05) is 35.6 Å². The van der Waals surface area contributed by atoms with Crippen molar-refractivity contribution in [1.29, 1.82) is 0 Å². The Balaban J connectivity index is 1.72. The molecular formula is C14H16N4O. The molecule has 1 amide bonds. The maximum Gasteiger partial charge on any atom is 0.224 e. The van der Waals surface area contributed by atoms with Gasteiger partial charge >= 0.3 is 0 Å². The minimum atomic E-state index is 0.0993. The third kappa shape index (κ3) is 2.45. The molecule has 0 bridgehead atoms. The SMILES string of the molecule is Cc1[nH]ncc1CNc1ccc2c(c1)CCC(=O)N2. The Labute approximate surface area is 111 Å². The fraction of sp³-hybridized carbons (Fsp3) is 0.286. The molecule has 1 aromatic carbocycles. The molecule has 0 saturated carbocycles. The standard InChI is InChI=1S/C14H16N4O/c1-9-11(8-16-18-9)7-15-12-3-4-13-10(6-12)2-5-14(19)17-13/h3-4,6,8,15H,2,5,7H2,1H3,(H,16,18)(H,17,19). The highest BCUT2D eigenvalue weighted by atomic mass is 16.1. The molecule has 0 unspecified atom stereocenters. The minimum absolute atomic E-state index is 0.0993. The van der Waals surface area contributed by atoms with Crippen LogP contribution in [-0.4, -0.2) is 16.1 Å². The molecule has 0 aliphatic carbocycles. The first-order valence-corrected chi connectivity index (χ1v) is 6.38. The van der Waals surface area contributed by atoms with Crippen LogP contribution < -0.4 is 10.6 Å². The van der Waals surface area contributed by atoms with E-state index < -0.39 is 0 Å². The highest BCUT2D eigenvalue weighted by Gasteiger charge is 2.14. The zero-order chi connectivity index (χ0) is 13.2. The molecule has 1 aromatic heterocycles. The van der Waals surface area contributed by atoms with Gasteiger partial charge in [0.25, 0.3) is 0 Å². The van der Waals surface area contributed by atoms with Gasteiger partial charge in [0.05, 0.1) is 6.20 Å². The van der Waals surface area contributed by atoms with Crippen LogP contribution >= 0.6 is 0 Å². The van der Waals surface area contributed by atoms with Crippen molar-refractivity contribution in [3.05, 3.63) is 41.2 Å². The molecule has 3 N–H and O–H groups in total. The van der Waals surface area contributed by atoms with E-state index in [-0.39, 0.29) is 5.91 Å². The van der Waals surface area contributed by atoms with Gasteiger partial charge in [0.15, 0.2) is 0 Å². The molecule has 5 nitrogen and oxygen atoms in total. The predicted octanol–water partition coefficient (Wildman–Crippen LogP) is 2.21. The van der Waals surface area contributed by atoms with E-state index in [1.54, 1.807) is 0 Å². The monoisotopic (exact) mass is 256 g/mol. The Kier molecular flexibility index (Phi) is 2.95. The predicted molar refractivity (Wildman–Crippen MR) is 74.0 cm³/mol. The van der Waals surface area contributed by atoms with Gasteiger partial charge in [0.1, 0.15) is 0 Å². The van der Waals surface area contributed by atoms with Gasteiger partial charge in [-0.25, -0.2) is 0 Å². The van der Waals surface area contributed by atoms with Crippen molar-refractivity contribution in [1.82, 2.24) is 10.2 Å². The normalized spacial score (nSPS) is 13.8. The lowest BCUT2D eigenvalue weighted by Gasteiger charge is -2.18. The molecule has 0 radical (unpaired) electrons. The van der Waals surface area contributed by atoms with Crippen molar-refractivity contribution in [3.63, 3.8) is 0 Å². The molecule has 0 spiro atoms. The number of anilines is 2. The second kappa shape index (κ2) is 4.76. The van der Waals surface area contributed by atoms with Crippen molar-refractivity contribution in [2.75, 3.05) is 10.6 Å². The average Bonchev–Trinajstić information content (AvgIpc) is 2.82. The van der Waals surface area contributed by atoms with Crippen LogP contribution in [0.3, 0.4) is 0 Å². The lowest BCUT2D eigenvalue weighted by atomic mass is 10.0. The number of rotatable bonds is 3. The number of H-pyrrole nitrogens is 1. The number of hydrogen-bond donors (Lipinski definition) is 3. The van der Waals surface area contributed by atoms with E-state index >= 15 is 0 Å². The van der Waals surface area contributed by atoms with E-state index in [0.29, 0.717) is 6.42 Å². The van der Waals surface area contributed by atoms with Crippen LogP contribution in [0, 0.1) is 6.92 Å². The van der Waals surface area contributed by atoms with Crippen molar-refractivity contribution in [2.24, 2.45) is 0 Å². The molecule has 0 fully saturated rings. The van der Waals surface area contributed by atoms with Crippen LogP contribution in [0.1, 0.15) is 23.2 Å². The molecule has 2 heterocycles. The molecule has 0 saturated heterocycles. The topological polar surface area (TPSA) is 69.8 Å². The van der Waals surface area contributed by atoms with Gasteiger partial charge in [-0.15, -0.1) is 0 Å². The fourth-order valence-electron chi connectivity index (χ4n) is 2.24. The lowest BCUT2D eigenvalue weighted by molar-refractivity contribution is -0.116. The smallest absolute Gasteiger partial charge is 0.224 e. The first-order chi connectivity index (χ1) is 9.22. The maximum atomic E-state index is 11.3. The molecule has 19 heavy (non-hydrogen) atoms. The Morgan fingerprint density at radius 3 is 3.05 bits per heavy atom. The number of benzene rings is 1. The number of carbonyl (C=O) groups is 1. The first kappa shape index (κ1) is 11.8. The Bertz CT molecular complexity index is 618. The van der Waals surface area contributed by atoms with Crippen molar-refractivity contribution in [3.8, 4) is 0 Å². The first-order valence-electron chi connectivity index (χ1n) is 6.38. The summed E-state index contributed by atoms with van der Waals surface area (Å²) in [5.74, 6) is 0.0993. The second-order valence-corrected chi connectivity index (χ2v) is 4.79. The highest BCUT2D eigenvalue weighted by molar-refractivity contribution is 5.94. The number of carbonyl (C=O) groups excluding carboxylic acids is 1. The Hall–Kier alpha value is -2.30. The van der Waals surface area contributed by atoms with Gasteiger partial charge in [0.2, 0.25) is 5.91 Å². The quantitative estimate of drug-likeness (QED) is 0.788. The summed E-state index contributed by atoms with van der Waals surface area (Å²) < 4.78 is 0. The van der Waals surface area contributed by atoms with E-state index in [0.717, 1.165) is 35.6 Å². The summed E-state index contributed by atoms with van der Waals surface area (Å²) in [7, 11) is 0. The van der Waals surface area contributed by atoms with Gasteiger partial charge < -0.3 is 10.6 Å². The number of fused-ring (bicyclic) bond motifs is 1. The average molecular weight is 256 g/mol. The van der Waals surface area contributed by atoms with Crippen LogP contribution in [-0.2, 0) is 17.8 Å². The summed E-state index contributed by atoms with van der Waals surface area (Å²) in [6, 6.07) is 6.04. The maximum absolute atomic E-state index is 11.3. The number of hydrogen-bond acceptors (Lipinski definition) is 3. The summed E-state index contributed by atoms with van der Waals surface area (Å²) in [6.07, 6.45) is 3.21. The van der Waals surface area contributed by atoms with Crippen LogP contribution in [0.25, 0.3) is 0 Å². The number of amides is 1. The van der Waals surface area contributed by atoms with Crippen LogP contribution in [0.4, 0.5) is 11.4 Å². The number of aromatic nitrogens is 2. The van der Waals surface area contributed by atoms with E-state index in [1.807, 2.05) is 25.3 Å².